The molecule has 0 spiro atoms. The summed E-state index contributed by atoms with van der Waals surface area (Å²) in [5, 5.41) is 0. The van der Waals surface area contributed by atoms with Crippen molar-refractivity contribution >= 4 is 11.9 Å². The van der Waals surface area contributed by atoms with E-state index >= 15 is 0 Å². The lowest BCUT2D eigenvalue weighted by Gasteiger charge is -2.14. The number of methoxy groups -OCH3 is 1. The van der Waals surface area contributed by atoms with Gasteiger partial charge in [-0.2, -0.15) is 13.2 Å². The van der Waals surface area contributed by atoms with E-state index < -0.39 is 11.7 Å². The van der Waals surface area contributed by atoms with Crippen molar-refractivity contribution in [1.29, 1.82) is 0 Å². The predicted octanol–water partition coefficient (Wildman–Crippen LogP) is 5.23. The molecule has 0 saturated carbocycles. The summed E-state index contributed by atoms with van der Waals surface area (Å²) in [5.41, 5.74) is 1.64. The van der Waals surface area contributed by atoms with E-state index in [4.69, 9.17) is 4.74 Å². The number of rotatable bonds is 4. The molecule has 0 N–H and O–H groups in total. The maximum absolute atomic E-state index is 12.8. The van der Waals surface area contributed by atoms with Crippen LogP contribution in [0.2, 0.25) is 0 Å². The lowest BCUT2D eigenvalue weighted by molar-refractivity contribution is -0.137. The minimum absolute atomic E-state index is 0.0445. The van der Waals surface area contributed by atoms with Gasteiger partial charge in [0.25, 0.3) is 0 Å². The van der Waals surface area contributed by atoms with Crippen molar-refractivity contribution in [1.82, 2.24) is 0 Å². The van der Waals surface area contributed by atoms with Crippen molar-refractivity contribution in [2.45, 2.75) is 13.1 Å². The van der Waals surface area contributed by atoms with Gasteiger partial charge in [0.15, 0.2) is 6.29 Å². The number of alkyl halides is 3. The maximum atomic E-state index is 12.8. The molecule has 2 nitrogen and oxygen atoms in total. The van der Waals surface area contributed by atoms with Crippen molar-refractivity contribution in [3.8, 4) is 16.9 Å². The Morgan fingerprint density at radius 2 is 1.83 bits per heavy atom. The van der Waals surface area contributed by atoms with Gasteiger partial charge in [0.2, 0.25) is 0 Å². The molecule has 0 amide bonds. The van der Waals surface area contributed by atoms with E-state index in [1.165, 1.54) is 13.2 Å². The molecule has 0 aliphatic carbocycles. The summed E-state index contributed by atoms with van der Waals surface area (Å²) < 4.78 is 43.7. The minimum atomic E-state index is -4.50. The van der Waals surface area contributed by atoms with E-state index in [1.807, 2.05) is 6.92 Å². The lowest BCUT2D eigenvalue weighted by atomic mass is 9.94. The van der Waals surface area contributed by atoms with Gasteiger partial charge in [0, 0.05) is 11.1 Å². The van der Waals surface area contributed by atoms with Crippen molar-refractivity contribution < 1.29 is 22.7 Å². The van der Waals surface area contributed by atoms with Gasteiger partial charge in [-0.3, -0.25) is 4.79 Å². The number of aldehydes is 1. The molecule has 0 radical (unpaired) electrons. The fourth-order valence-corrected chi connectivity index (χ4v) is 2.27. The number of carbonyl (C=O) groups is 1. The predicted molar refractivity (Wildman–Crippen MR) is 83.5 cm³/mol. The molecule has 0 bridgehead atoms. The van der Waals surface area contributed by atoms with Crippen LogP contribution in [-0.4, -0.2) is 13.4 Å². The Bertz CT molecular complexity index is 761. The van der Waals surface area contributed by atoms with Gasteiger partial charge in [-0.05, 0) is 42.3 Å². The molecule has 0 saturated heterocycles. The average Bonchev–Trinajstić information content (AvgIpc) is 2.52. The van der Waals surface area contributed by atoms with Gasteiger partial charge in [-0.25, -0.2) is 0 Å². The minimum Gasteiger partial charge on any atom is -0.496 e. The first-order valence-electron chi connectivity index (χ1n) is 6.78. The third-order valence-corrected chi connectivity index (χ3v) is 3.49. The second kappa shape index (κ2) is 6.28. The molecular weight excluding hydrogens is 305 g/mol. The summed E-state index contributed by atoms with van der Waals surface area (Å²) in [4.78, 5) is 11.3. The number of hydrogen-bond acceptors (Lipinski definition) is 2. The molecule has 0 fully saturated rings. The first-order chi connectivity index (χ1) is 10.8. The van der Waals surface area contributed by atoms with Crippen LogP contribution in [0.3, 0.4) is 0 Å². The normalized spacial score (nSPS) is 11.2. The third kappa shape index (κ3) is 3.44. The Hall–Kier alpha value is -2.56. The van der Waals surface area contributed by atoms with Gasteiger partial charge < -0.3 is 4.74 Å². The number of allylic oxidation sites excluding steroid dienone is 1. The van der Waals surface area contributed by atoms with Crippen LogP contribution in [-0.2, 0) is 6.18 Å². The summed E-state index contributed by atoms with van der Waals surface area (Å²) in [6.45, 7) is 5.66. The van der Waals surface area contributed by atoms with E-state index in [0.29, 0.717) is 23.2 Å². The summed E-state index contributed by atoms with van der Waals surface area (Å²) in [7, 11) is 1.46. The molecule has 5 heteroatoms. The highest BCUT2D eigenvalue weighted by Gasteiger charge is 2.31. The van der Waals surface area contributed by atoms with Crippen molar-refractivity contribution in [2.75, 3.05) is 7.11 Å². The zero-order valence-corrected chi connectivity index (χ0v) is 12.7. The smallest absolute Gasteiger partial charge is 0.416 e. The number of halogens is 3. The van der Waals surface area contributed by atoms with Gasteiger partial charge in [-0.15, -0.1) is 0 Å². The van der Waals surface area contributed by atoms with Crippen LogP contribution in [0.15, 0.2) is 43.0 Å². The molecule has 0 aromatic heterocycles. The Morgan fingerprint density at radius 1 is 1.13 bits per heavy atom. The molecule has 0 aliphatic rings. The van der Waals surface area contributed by atoms with Gasteiger partial charge in [0.05, 0.1) is 12.7 Å². The quantitative estimate of drug-likeness (QED) is 0.721. The Morgan fingerprint density at radius 3 is 2.35 bits per heavy atom. The Balaban J connectivity index is 2.68. The number of ether oxygens (including phenoxy) is 1. The number of hydrogen-bond donors (Lipinski definition) is 0. The molecule has 23 heavy (non-hydrogen) atoms. The maximum Gasteiger partial charge on any atom is 0.416 e. The van der Waals surface area contributed by atoms with Crippen LogP contribution >= 0.6 is 0 Å². The zero-order chi connectivity index (χ0) is 17.2. The second-order valence-electron chi connectivity index (χ2n) is 5.11. The van der Waals surface area contributed by atoms with Crippen molar-refractivity contribution in [3.63, 3.8) is 0 Å². The van der Waals surface area contributed by atoms with Gasteiger partial charge >= 0.3 is 6.18 Å². The van der Waals surface area contributed by atoms with Crippen LogP contribution in [0.4, 0.5) is 13.2 Å². The molecule has 0 heterocycles. The standard InChI is InChI=1S/C18H15F3O2/c1-11(2)12-4-7-17(23-3)16(9-12)15-6-5-14(18(19,20)21)8-13(15)10-22/h4-10H,1H2,2-3H3. The topological polar surface area (TPSA) is 26.3 Å². The third-order valence-electron chi connectivity index (χ3n) is 3.49. The van der Waals surface area contributed by atoms with Crippen molar-refractivity contribution in [2.24, 2.45) is 0 Å². The number of benzene rings is 2. The van der Waals surface area contributed by atoms with Crippen LogP contribution in [0, 0.1) is 0 Å². The van der Waals surface area contributed by atoms with Crippen LogP contribution < -0.4 is 4.74 Å². The van der Waals surface area contributed by atoms with E-state index in [0.717, 1.165) is 23.3 Å². The van der Waals surface area contributed by atoms with Crippen LogP contribution in [0.25, 0.3) is 16.7 Å². The first-order valence-corrected chi connectivity index (χ1v) is 6.78. The van der Waals surface area contributed by atoms with Crippen LogP contribution in [0.5, 0.6) is 5.75 Å². The van der Waals surface area contributed by atoms with Crippen molar-refractivity contribution in [3.05, 3.63) is 59.7 Å². The summed E-state index contributed by atoms with van der Waals surface area (Å²) in [5.74, 6) is 0.470. The molecule has 2 aromatic rings. The monoisotopic (exact) mass is 320 g/mol. The highest BCUT2D eigenvalue weighted by molar-refractivity contribution is 5.90. The summed E-state index contributed by atoms with van der Waals surface area (Å²) >= 11 is 0. The average molecular weight is 320 g/mol. The van der Waals surface area contributed by atoms with E-state index in [1.54, 1.807) is 18.2 Å². The Labute approximate surface area is 132 Å². The summed E-state index contributed by atoms with van der Waals surface area (Å²) in [6, 6.07) is 8.33. The lowest BCUT2D eigenvalue weighted by Crippen LogP contribution is -2.06. The van der Waals surface area contributed by atoms with Gasteiger partial charge in [-0.1, -0.05) is 24.3 Å². The molecule has 0 atom stereocenters. The molecule has 0 unspecified atom stereocenters. The largest absolute Gasteiger partial charge is 0.496 e. The number of carbonyl (C=O) groups excluding carboxylic acids is 1. The Kier molecular flexibility index (Phi) is 4.59. The molecule has 120 valence electrons. The van der Waals surface area contributed by atoms with E-state index in [2.05, 4.69) is 6.58 Å². The fourth-order valence-electron chi connectivity index (χ4n) is 2.27. The van der Waals surface area contributed by atoms with E-state index in [-0.39, 0.29) is 5.56 Å². The molecule has 2 aromatic carbocycles. The van der Waals surface area contributed by atoms with Crippen LogP contribution in [0.1, 0.15) is 28.4 Å². The van der Waals surface area contributed by atoms with E-state index in [9.17, 15) is 18.0 Å². The first kappa shape index (κ1) is 16.8. The highest BCUT2D eigenvalue weighted by atomic mass is 19.4. The zero-order valence-electron chi connectivity index (χ0n) is 12.7. The fraction of sp³-hybridized carbons (Fsp3) is 0.167. The second-order valence-corrected chi connectivity index (χ2v) is 5.11. The molecule has 0 aliphatic heterocycles. The molecule has 2 rings (SSSR count). The summed E-state index contributed by atoms with van der Waals surface area (Å²) in [6.07, 6.45) is -4.09. The SMILES string of the molecule is C=C(C)c1ccc(OC)c(-c2ccc(C(F)(F)F)cc2C=O)c1. The highest BCUT2D eigenvalue weighted by Crippen LogP contribution is 2.37. The van der Waals surface area contributed by atoms with Gasteiger partial charge in [0.1, 0.15) is 5.75 Å². The molecular formula is C18H15F3O2.